The Balaban J connectivity index is 1.97. The molecule has 5 nitrogen and oxygen atoms in total. The fourth-order valence-corrected chi connectivity index (χ4v) is 3.34. The van der Waals surface area contributed by atoms with Crippen LogP contribution in [0.2, 0.25) is 0 Å². The van der Waals surface area contributed by atoms with Crippen molar-refractivity contribution in [2.24, 2.45) is 5.10 Å². The van der Waals surface area contributed by atoms with Gasteiger partial charge in [0.2, 0.25) is 5.91 Å². The van der Waals surface area contributed by atoms with Crippen LogP contribution in [0.4, 0.5) is 0 Å². The van der Waals surface area contributed by atoms with Gasteiger partial charge in [0, 0.05) is 0 Å². The number of nitrogens with zero attached hydrogens (tertiary/aromatic N) is 1. The Kier molecular flexibility index (Phi) is 10.3. The monoisotopic (exact) mass is 460 g/mol. The van der Waals surface area contributed by atoms with Crippen molar-refractivity contribution in [3.63, 3.8) is 0 Å². The highest BCUT2D eigenvalue weighted by Crippen LogP contribution is 2.36. The molecule has 0 atom stereocenters. The fraction of sp³-hybridized carbons (Fsp3) is 0.391. The zero-order valence-corrected chi connectivity index (χ0v) is 18.7. The number of carbonyl (C=O) groups is 1. The molecule has 0 aliphatic carbocycles. The van der Waals surface area contributed by atoms with Crippen LogP contribution in [0.5, 0.6) is 11.5 Å². The van der Waals surface area contributed by atoms with E-state index in [1.165, 1.54) is 12.8 Å². The highest BCUT2D eigenvalue weighted by Gasteiger charge is 2.12. The molecule has 0 saturated carbocycles. The Bertz CT molecular complexity index is 794. The maximum absolute atomic E-state index is 12.0. The van der Waals surface area contributed by atoms with E-state index in [2.05, 4.69) is 33.4 Å². The molecule has 0 bridgehead atoms. The first-order valence-electron chi connectivity index (χ1n) is 10.1. The van der Waals surface area contributed by atoms with Crippen molar-refractivity contribution in [3.8, 4) is 11.5 Å². The third kappa shape index (κ3) is 8.28. The standard InChI is InChI=1S/C23H29BrN2O3/c1-3-5-6-10-13-29-23-20(24)14-19(15-21(23)28-4-2)17-25-26-22(27)16-18-11-8-7-9-12-18/h7-9,11-12,14-15,17H,3-6,10,13,16H2,1-2H3,(H,26,27)/b25-17+. The molecule has 0 unspecified atom stereocenters. The van der Waals surface area contributed by atoms with E-state index in [0.29, 0.717) is 24.7 Å². The number of unbranched alkanes of at least 4 members (excludes halogenated alkanes) is 3. The summed E-state index contributed by atoms with van der Waals surface area (Å²) >= 11 is 3.56. The number of rotatable bonds is 12. The highest BCUT2D eigenvalue weighted by atomic mass is 79.9. The lowest BCUT2D eigenvalue weighted by Crippen LogP contribution is -2.19. The van der Waals surface area contributed by atoms with E-state index in [1.807, 2.05) is 49.4 Å². The molecule has 2 rings (SSSR count). The zero-order valence-electron chi connectivity index (χ0n) is 17.1. The van der Waals surface area contributed by atoms with Crippen molar-refractivity contribution in [3.05, 3.63) is 58.1 Å². The first-order chi connectivity index (χ1) is 14.1. The van der Waals surface area contributed by atoms with Crippen LogP contribution in [0.3, 0.4) is 0 Å². The molecule has 2 aromatic rings. The van der Waals surface area contributed by atoms with Gasteiger partial charge in [0.05, 0.1) is 30.3 Å². The highest BCUT2D eigenvalue weighted by molar-refractivity contribution is 9.10. The molecule has 0 aliphatic rings. The van der Waals surface area contributed by atoms with Gasteiger partial charge in [0.25, 0.3) is 0 Å². The van der Waals surface area contributed by atoms with E-state index >= 15 is 0 Å². The number of amides is 1. The first kappa shape index (κ1) is 22.9. The molecule has 6 heteroatoms. The van der Waals surface area contributed by atoms with Crippen LogP contribution in [0.25, 0.3) is 0 Å². The second-order valence-corrected chi connectivity index (χ2v) is 7.48. The quantitative estimate of drug-likeness (QED) is 0.258. The normalized spacial score (nSPS) is 10.9. The van der Waals surface area contributed by atoms with Gasteiger partial charge in [-0.15, -0.1) is 0 Å². The van der Waals surface area contributed by atoms with E-state index in [4.69, 9.17) is 9.47 Å². The number of benzene rings is 2. The molecule has 0 aliphatic heterocycles. The molecular formula is C23H29BrN2O3. The molecule has 156 valence electrons. The van der Waals surface area contributed by atoms with Gasteiger partial charge in [-0.25, -0.2) is 5.43 Å². The minimum Gasteiger partial charge on any atom is -0.490 e. The molecule has 0 spiro atoms. The number of hydrazone groups is 1. The molecule has 0 radical (unpaired) electrons. The Morgan fingerprint density at radius 3 is 2.62 bits per heavy atom. The number of hydrogen-bond donors (Lipinski definition) is 1. The smallest absolute Gasteiger partial charge is 0.244 e. The number of ether oxygens (including phenoxy) is 2. The van der Waals surface area contributed by atoms with Gasteiger partial charge < -0.3 is 9.47 Å². The first-order valence-corrected chi connectivity index (χ1v) is 10.9. The number of hydrogen-bond acceptors (Lipinski definition) is 4. The second-order valence-electron chi connectivity index (χ2n) is 6.63. The summed E-state index contributed by atoms with van der Waals surface area (Å²) < 4.78 is 12.5. The van der Waals surface area contributed by atoms with Crippen LogP contribution < -0.4 is 14.9 Å². The molecule has 0 heterocycles. The third-order valence-electron chi connectivity index (χ3n) is 4.19. The van der Waals surface area contributed by atoms with Crippen molar-refractivity contribution in [2.75, 3.05) is 13.2 Å². The lowest BCUT2D eigenvalue weighted by atomic mass is 10.1. The Morgan fingerprint density at radius 1 is 1.10 bits per heavy atom. The average molecular weight is 461 g/mol. The lowest BCUT2D eigenvalue weighted by molar-refractivity contribution is -0.120. The van der Waals surface area contributed by atoms with Crippen LogP contribution >= 0.6 is 15.9 Å². The van der Waals surface area contributed by atoms with E-state index in [-0.39, 0.29) is 12.3 Å². The van der Waals surface area contributed by atoms with Gasteiger partial charge in [0.1, 0.15) is 0 Å². The zero-order chi connectivity index (χ0) is 20.9. The lowest BCUT2D eigenvalue weighted by Gasteiger charge is -2.14. The molecule has 0 saturated heterocycles. The Morgan fingerprint density at radius 2 is 1.90 bits per heavy atom. The number of halogens is 1. The minimum absolute atomic E-state index is 0.163. The summed E-state index contributed by atoms with van der Waals surface area (Å²) in [5.41, 5.74) is 4.31. The third-order valence-corrected chi connectivity index (χ3v) is 4.78. The molecule has 1 amide bonds. The van der Waals surface area contributed by atoms with E-state index in [1.54, 1.807) is 6.21 Å². The largest absolute Gasteiger partial charge is 0.490 e. The van der Waals surface area contributed by atoms with Crippen LogP contribution in [0, 0.1) is 0 Å². The molecular weight excluding hydrogens is 432 g/mol. The topological polar surface area (TPSA) is 59.9 Å². The predicted molar refractivity (Wildman–Crippen MR) is 121 cm³/mol. The van der Waals surface area contributed by atoms with Crippen molar-refractivity contribution in [2.45, 2.75) is 46.0 Å². The maximum Gasteiger partial charge on any atom is 0.244 e. The van der Waals surface area contributed by atoms with Crippen molar-refractivity contribution >= 4 is 28.1 Å². The summed E-state index contributed by atoms with van der Waals surface area (Å²) in [6.07, 6.45) is 6.48. The minimum atomic E-state index is -0.163. The van der Waals surface area contributed by atoms with Gasteiger partial charge in [0.15, 0.2) is 11.5 Å². The van der Waals surface area contributed by atoms with Crippen LogP contribution in [0.1, 0.15) is 50.7 Å². The fourth-order valence-electron chi connectivity index (χ4n) is 2.77. The second kappa shape index (κ2) is 13.0. The van der Waals surface area contributed by atoms with Crippen LogP contribution in [-0.4, -0.2) is 25.3 Å². The van der Waals surface area contributed by atoms with Gasteiger partial charge >= 0.3 is 0 Å². The molecule has 0 fully saturated rings. The van der Waals surface area contributed by atoms with Crippen molar-refractivity contribution in [1.29, 1.82) is 0 Å². The maximum atomic E-state index is 12.0. The van der Waals surface area contributed by atoms with E-state index < -0.39 is 0 Å². The van der Waals surface area contributed by atoms with E-state index in [0.717, 1.165) is 28.4 Å². The predicted octanol–water partition coefficient (Wildman–Crippen LogP) is 5.50. The summed E-state index contributed by atoms with van der Waals surface area (Å²) in [5, 5.41) is 4.06. The average Bonchev–Trinajstić information content (AvgIpc) is 2.70. The van der Waals surface area contributed by atoms with Crippen molar-refractivity contribution in [1.82, 2.24) is 5.43 Å². The number of carbonyl (C=O) groups excluding carboxylic acids is 1. The van der Waals surface area contributed by atoms with Gasteiger partial charge in [-0.05, 0) is 52.5 Å². The van der Waals surface area contributed by atoms with Gasteiger partial charge in [-0.3, -0.25) is 4.79 Å². The van der Waals surface area contributed by atoms with Gasteiger partial charge in [-0.1, -0.05) is 56.5 Å². The molecule has 29 heavy (non-hydrogen) atoms. The Labute approximate surface area is 181 Å². The molecule has 2 aromatic carbocycles. The summed E-state index contributed by atoms with van der Waals surface area (Å²) in [6.45, 7) is 5.31. The van der Waals surface area contributed by atoms with Gasteiger partial charge in [-0.2, -0.15) is 5.10 Å². The summed E-state index contributed by atoms with van der Waals surface area (Å²) in [5.74, 6) is 1.20. The SMILES string of the molecule is CCCCCCOc1c(Br)cc(/C=N/NC(=O)Cc2ccccc2)cc1OCC. The Hall–Kier alpha value is -2.34. The van der Waals surface area contributed by atoms with E-state index in [9.17, 15) is 4.79 Å². The molecule has 0 aromatic heterocycles. The summed E-state index contributed by atoms with van der Waals surface area (Å²) in [6, 6.07) is 13.3. The number of nitrogens with one attached hydrogen (secondary N) is 1. The van der Waals surface area contributed by atoms with Crippen LogP contribution in [0.15, 0.2) is 52.0 Å². The van der Waals surface area contributed by atoms with Crippen LogP contribution in [-0.2, 0) is 11.2 Å². The molecule has 1 N–H and O–H groups in total. The summed E-state index contributed by atoms with van der Waals surface area (Å²) in [7, 11) is 0. The summed E-state index contributed by atoms with van der Waals surface area (Å²) in [4.78, 5) is 12.0. The van der Waals surface area contributed by atoms with Crippen molar-refractivity contribution < 1.29 is 14.3 Å².